The summed E-state index contributed by atoms with van der Waals surface area (Å²) in [6, 6.07) is 10.2. The zero-order valence-corrected chi connectivity index (χ0v) is 17.9. The molecule has 1 aliphatic heterocycles. The molecule has 3 aromatic heterocycles. The van der Waals surface area contributed by atoms with Crippen LogP contribution in [0.1, 0.15) is 19.0 Å². The molecule has 0 radical (unpaired) electrons. The molecule has 0 saturated heterocycles. The van der Waals surface area contributed by atoms with E-state index in [0.29, 0.717) is 18.8 Å². The third kappa shape index (κ3) is 3.89. The number of urea groups is 1. The summed E-state index contributed by atoms with van der Waals surface area (Å²) >= 11 is 1.63. The standard InChI is InChI=1S/C23H22N6OS/c1-14(2)26-23(30)29-9-6-15(7-10-29)20-12-17-18(5-8-24-22(17)28-20)27-16-3-4-19-21(11-16)31-13-25-19/h3-6,8,11-13H,1,7,9-10H2,2H3,(H,26,30)(H2,24,27,28). The summed E-state index contributed by atoms with van der Waals surface area (Å²) in [5, 5.41) is 7.31. The molecule has 8 heteroatoms. The van der Waals surface area contributed by atoms with E-state index in [0.717, 1.165) is 44.7 Å². The number of hydrogen-bond donors (Lipinski definition) is 3. The number of benzene rings is 1. The van der Waals surface area contributed by atoms with Gasteiger partial charge < -0.3 is 20.5 Å². The largest absolute Gasteiger partial charge is 0.355 e. The van der Waals surface area contributed by atoms with Gasteiger partial charge in [-0.1, -0.05) is 12.7 Å². The minimum absolute atomic E-state index is 0.106. The molecule has 1 aromatic carbocycles. The molecule has 0 unspecified atom stereocenters. The summed E-state index contributed by atoms with van der Waals surface area (Å²) in [6.07, 6.45) is 4.67. The number of aromatic nitrogens is 3. The molecular weight excluding hydrogens is 408 g/mol. The van der Waals surface area contributed by atoms with Gasteiger partial charge in [0.2, 0.25) is 0 Å². The Hall–Kier alpha value is -3.65. The van der Waals surface area contributed by atoms with Crippen LogP contribution in [-0.2, 0) is 0 Å². The lowest BCUT2D eigenvalue weighted by Gasteiger charge is -2.26. The number of rotatable bonds is 4. The van der Waals surface area contributed by atoms with Crippen molar-refractivity contribution >= 4 is 55.6 Å². The van der Waals surface area contributed by atoms with Crippen LogP contribution in [0, 0.1) is 0 Å². The van der Waals surface area contributed by atoms with Crippen molar-refractivity contribution in [2.24, 2.45) is 0 Å². The average Bonchev–Trinajstić information content (AvgIpc) is 3.40. The lowest BCUT2D eigenvalue weighted by atomic mass is 10.0. The molecule has 31 heavy (non-hydrogen) atoms. The molecule has 0 saturated carbocycles. The van der Waals surface area contributed by atoms with Crippen LogP contribution < -0.4 is 10.6 Å². The fourth-order valence-corrected chi connectivity index (χ4v) is 4.47. The molecule has 4 heterocycles. The first kappa shape index (κ1) is 19.3. The van der Waals surface area contributed by atoms with Crippen molar-refractivity contribution in [3.63, 3.8) is 0 Å². The van der Waals surface area contributed by atoms with E-state index in [-0.39, 0.29) is 6.03 Å². The monoisotopic (exact) mass is 430 g/mol. The van der Waals surface area contributed by atoms with Crippen LogP contribution >= 0.6 is 11.3 Å². The molecule has 2 amide bonds. The minimum Gasteiger partial charge on any atom is -0.355 e. The van der Waals surface area contributed by atoms with Crippen LogP contribution in [0.3, 0.4) is 0 Å². The highest BCUT2D eigenvalue weighted by molar-refractivity contribution is 7.16. The van der Waals surface area contributed by atoms with E-state index in [4.69, 9.17) is 0 Å². The van der Waals surface area contributed by atoms with Crippen LogP contribution in [0.15, 0.2) is 60.4 Å². The first-order valence-electron chi connectivity index (χ1n) is 10.1. The Morgan fingerprint density at radius 1 is 1.26 bits per heavy atom. The van der Waals surface area contributed by atoms with Crippen LogP contribution in [-0.4, -0.2) is 39.0 Å². The number of hydrogen-bond acceptors (Lipinski definition) is 5. The third-order valence-electron chi connectivity index (χ3n) is 5.30. The number of thiazole rings is 1. The minimum atomic E-state index is -0.106. The zero-order valence-electron chi connectivity index (χ0n) is 17.1. The van der Waals surface area contributed by atoms with Gasteiger partial charge in [-0.25, -0.2) is 14.8 Å². The Bertz CT molecular complexity index is 1330. The third-order valence-corrected chi connectivity index (χ3v) is 6.10. The van der Waals surface area contributed by atoms with Crippen molar-refractivity contribution < 1.29 is 4.79 Å². The van der Waals surface area contributed by atoms with Crippen molar-refractivity contribution in [2.75, 3.05) is 18.4 Å². The molecule has 156 valence electrons. The number of H-pyrrole nitrogens is 1. The summed E-state index contributed by atoms with van der Waals surface area (Å²) in [5.41, 5.74) is 8.59. The van der Waals surface area contributed by atoms with Gasteiger partial charge in [-0.15, -0.1) is 11.3 Å². The second kappa shape index (κ2) is 7.88. The number of aromatic amines is 1. The Labute approximate surface area is 183 Å². The van der Waals surface area contributed by atoms with Gasteiger partial charge in [-0.3, -0.25) is 0 Å². The van der Waals surface area contributed by atoms with E-state index in [1.165, 1.54) is 5.57 Å². The summed E-state index contributed by atoms with van der Waals surface area (Å²) in [4.78, 5) is 26.2. The summed E-state index contributed by atoms with van der Waals surface area (Å²) < 4.78 is 1.15. The first-order chi connectivity index (χ1) is 15.1. The molecule has 1 aliphatic rings. The normalized spacial score (nSPS) is 14.0. The Kier molecular flexibility index (Phi) is 4.91. The van der Waals surface area contributed by atoms with Crippen molar-refractivity contribution in [3.8, 4) is 0 Å². The van der Waals surface area contributed by atoms with E-state index >= 15 is 0 Å². The molecule has 0 atom stereocenters. The second-order valence-corrected chi connectivity index (χ2v) is 8.49. The van der Waals surface area contributed by atoms with E-state index < -0.39 is 0 Å². The van der Waals surface area contributed by atoms with E-state index in [1.54, 1.807) is 29.4 Å². The molecule has 0 fully saturated rings. The van der Waals surface area contributed by atoms with Gasteiger partial charge in [0.15, 0.2) is 0 Å². The lowest BCUT2D eigenvalue weighted by Crippen LogP contribution is -2.41. The fourth-order valence-electron chi connectivity index (χ4n) is 3.76. The van der Waals surface area contributed by atoms with Crippen molar-refractivity contribution in [1.82, 2.24) is 25.2 Å². The van der Waals surface area contributed by atoms with E-state index in [2.05, 4.69) is 50.4 Å². The summed E-state index contributed by atoms with van der Waals surface area (Å²) in [6.45, 7) is 6.74. The highest BCUT2D eigenvalue weighted by Gasteiger charge is 2.19. The maximum Gasteiger partial charge on any atom is 0.321 e. The van der Waals surface area contributed by atoms with Crippen molar-refractivity contribution in [2.45, 2.75) is 13.3 Å². The molecule has 0 aliphatic carbocycles. The molecule has 5 rings (SSSR count). The summed E-state index contributed by atoms with van der Waals surface area (Å²) in [5.74, 6) is 0. The predicted octanol–water partition coefficient (Wildman–Crippen LogP) is 5.25. The Morgan fingerprint density at radius 2 is 2.16 bits per heavy atom. The van der Waals surface area contributed by atoms with Crippen molar-refractivity contribution in [3.05, 3.63) is 66.1 Å². The number of nitrogens with zero attached hydrogens (tertiary/aromatic N) is 3. The highest BCUT2D eigenvalue weighted by atomic mass is 32.1. The van der Waals surface area contributed by atoms with Crippen LogP contribution in [0.25, 0.3) is 26.8 Å². The van der Waals surface area contributed by atoms with Crippen molar-refractivity contribution in [1.29, 1.82) is 0 Å². The van der Waals surface area contributed by atoms with E-state index in [9.17, 15) is 4.79 Å². The van der Waals surface area contributed by atoms with Crippen LogP contribution in [0.2, 0.25) is 0 Å². The molecule has 0 spiro atoms. The average molecular weight is 431 g/mol. The number of fused-ring (bicyclic) bond motifs is 2. The number of nitrogens with one attached hydrogen (secondary N) is 3. The lowest BCUT2D eigenvalue weighted by molar-refractivity contribution is 0.206. The number of amides is 2. The number of carbonyl (C=O) groups is 1. The van der Waals surface area contributed by atoms with Gasteiger partial charge in [0.25, 0.3) is 0 Å². The quantitative estimate of drug-likeness (QED) is 0.413. The number of allylic oxidation sites excluding steroid dienone is 1. The maximum absolute atomic E-state index is 12.2. The van der Waals surface area contributed by atoms with Gasteiger partial charge in [0.05, 0.1) is 21.4 Å². The molecule has 4 aromatic rings. The van der Waals surface area contributed by atoms with Gasteiger partial charge in [-0.2, -0.15) is 0 Å². The number of pyridine rings is 1. The second-order valence-electron chi connectivity index (χ2n) is 7.60. The SMILES string of the molecule is C=C(C)NC(=O)N1CC=C(c2cc3c(Nc4ccc5ncsc5c4)ccnc3[nH]2)CC1. The van der Waals surface area contributed by atoms with Crippen LogP contribution in [0.4, 0.5) is 16.2 Å². The molecule has 7 nitrogen and oxygen atoms in total. The highest BCUT2D eigenvalue weighted by Crippen LogP contribution is 2.31. The molecule has 3 N–H and O–H groups in total. The van der Waals surface area contributed by atoms with E-state index in [1.807, 2.05) is 23.7 Å². The summed E-state index contributed by atoms with van der Waals surface area (Å²) in [7, 11) is 0. The molecule has 0 bridgehead atoms. The number of carbonyl (C=O) groups excluding carboxylic acids is 1. The number of anilines is 2. The topological polar surface area (TPSA) is 85.9 Å². The Morgan fingerprint density at radius 3 is 2.97 bits per heavy atom. The van der Waals surface area contributed by atoms with Gasteiger partial charge >= 0.3 is 6.03 Å². The molecular formula is C23H22N6OS. The van der Waals surface area contributed by atoms with Gasteiger partial charge in [0.1, 0.15) is 5.65 Å². The fraction of sp³-hybridized carbons (Fsp3) is 0.174. The zero-order chi connectivity index (χ0) is 21.4. The predicted molar refractivity (Wildman–Crippen MR) is 127 cm³/mol. The smallest absolute Gasteiger partial charge is 0.321 e. The van der Waals surface area contributed by atoms with Gasteiger partial charge in [0, 0.05) is 41.8 Å². The van der Waals surface area contributed by atoms with Gasteiger partial charge in [-0.05, 0) is 49.2 Å². The first-order valence-corrected chi connectivity index (χ1v) is 10.9. The maximum atomic E-state index is 12.2. The Balaban J connectivity index is 1.39. The van der Waals surface area contributed by atoms with Crippen LogP contribution in [0.5, 0.6) is 0 Å².